The van der Waals surface area contributed by atoms with E-state index >= 15 is 0 Å². The van der Waals surface area contributed by atoms with E-state index in [4.69, 9.17) is 4.42 Å². The fourth-order valence-corrected chi connectivity index (χ4v) is 1.37. The van der Waals surface area contributed by atoms with Crippen LogP contribution in [0, 0.1) is 13.8 Å². The predicted molar refractivity (Wildman–Crippen MR) is 60.9 cm³/mol. The quantitative estimate of drug-likeness (QED) is 0.721. The van der Waals surface area contributed by atoms with E-state index in [1.165, 1.54) is 0 Å². The fraction of sp³-hybridized carbons (Fsp3) is 0.727. The van der Waals surface area contributed by atoms with Crippen LogP contribution in [0.25, 0.3) is 0 Å². The molecule has 1 aromatic heterocycles. The molecule has 0 aliphatic rings. The first-order valence-electron chi connectivity index (χ1n) is 5.45. The SMILES string of the molecule is CCN(C)CCNCc1oc(C)nc1C. The van der Waals surface area contributed by atoms with Gasteiger partial charge in [-0.15, -0.1) is 0 Å². The Hall–Kier alpha value is -0.870. The number of likely N-dealkylation sites (N-methyl/N-ethyl adjacent to an activating group) is 1. The van der Waals surface area contributed by atoms with Gasteiger partial charge in [0.2, 0.25) is 0 Å². The molecular weight excluding hydrogens is 190 g/mol. The highest BCUT2D eigenvalue weighted by Crippen LogP contribution is 2.08. The summed E-state index contributed by atoms with van der Waals surface area (Å²) in [5, 5.41) is 3.35. The Balaban J connectivity index is 2.23. The van der Waals surface area contributed by atoms with Crippen molar-refractivity contribution in [2.75, 3.05) is 26.7 Å². The van der Waals surface area contributed by atoms with Crippen molar-refractivity contribution in [2.45, 2.75) is 27.3 Å². The Labute approximate surface area is 91.7 Å². The van der Waals surface area contributed by atoms with Gasteiger partial charge in [0.25, 0.3) is 0 Å². The van der Waals surface area contributed by atoms with Gasteiger partial charge in [0.1, 0.15) is 5.76 Å². The van der Waals surface area contributed by atoms with Crippen LogP contribution in [0.3, 0.4) is 0 Å². The van der Waals surface area contributed by atoms with Crippen LogP contribution in [0.4, 0.5) is 0 Å². The fourth-order valence-electron chi connectivity index (χ4n) is 1.37. The van der Waals surface area contributed by atoms with Gasteiger partial charge >= 0.3 is 0 Å². The molecule has 1 rings (SSSR count). The van der Waals surface area contributed by atoms with E-state index in [-0.39, 0.29) is 0 Å². The second-order valence-electron chi connectivity index (χ2n) is 3.81. The molecule has 4 heteroatoms. The highest BCUT2D eigenvalue weighted by molar-refractivity contribution is 5.06. The molecule has 0 saturated heterocycles. The third kappa shape index (κ3) is 4.01. The molecule has 0 amide bonds. The van der Waals surface area contributed by atoms with E-state index in [9.17, 15) is 0 Å². The Morgan fingerprint density at radius 1 is 1.40 bits per heavy atom. The molecule has 15 heavy (non-hydrogen) atoms. The molecule has 0 aliphatic carbocycles. The first kappa shape index (κ1) is 12.2. The Bertz CT molecular complexity index is 296. The third-order valence-corrected chi connectivity index (χ3v) is 2.50. The van der Waals surface area contributed by atoms with Crippen LogP contribution >= 0.6 is 0 Å². The highest BCUT2D eigenvalue weighted by Gasteiger charge is 2.05. The number of hydrogen-bond acceptors (Lipinski definition) is 4. The van der Waals surface area contributed by atoms with Gasteiger partial charge in [-0.2, -0.15) is 0 Å². The monoisotopic (exact) mass is 211 g/mol. The van der Waals surface area contributed by atoms with Crippen molar-refractivity contribution in [3.05, 3.63) is 17.3 Å². The summed E-state index contributed by atoms with van der Waals surface area (Å²) in [6.07, 6.45) is 0. The van der Waals surface area contributed by atoms with Gasteiger partial charge in [-0.1, -0.05) is 6.92 Å². The Morgan fingerprint density at radius 3 is 2.67 bits per heavy atom. The average Bonchev–Trinajstić information content (AvgIpc) is 2.52. The van der Waals surface area contributed by atoms with Crippen molar-refractivity contribution < 1.29 is 4.42 Å². The van der Waals surface area contributed by atoms with Gasteiger partial charge in [0.15, 0.2) is 5.89 Å². The molecule has 0 aliphatic heterocycles. The molecule has 0 aromatic carbocycles. The molecule has 86 valence electrons. The zero-order valence-electron chi connectivity index (χ0n) is 10.1. The normalized spacial score (nSPS) is 11.3. The average molecular weight is 211 g/mol. The lowest BCUT2D eigenvalue weighted by Crippen LogP contribution is -2.28. The van der Waals surface area contributed by atoms with E-state index in [0.717, 1.165) is 43.5 Å². The van der Waals surface area contributed by atoms with Crippen molar-refractivity contribution in [1.29, 1.82) is 0 Å². The van der Waals surface area contributed by atoms with Crippen molar-refractivity contribution in [1.82, 2.24) is 15.2 Å². The number of rotatable bonds is 6. The lowest BCUT2D eigenvalue weighted by atomic mass is 10.3. The molecule has 0 bridgehead atoms. The molecular formula is C11H21N3O. The van der Waals surface area contributed by atoms with Crippen LogP contribution in [0.2, 0.25) is 0 Å². The maximum atomic E-state index is 5.46. The van der Waals surface area contributed by atoms with Crippen LogP contribution in [-0.4, -0.2) is 36.6 Å². The van der Waals surface area contributed by atoms with Crippen LogP contribution in [0.15, 0.2) is 4.42 Å². The van der Waals surface area contributed by atoms with Gasteiger partial charge in [-0.05, 0) is 20.5 Å². The van der Waals surface area contributed by atoms with E-state index in [1.54, 1.807) is 0 Å². The summed E-state index contributed by atoms with van der Waals surface area (Å²) in [6.45, 7) is 9.90. The summed E-state index contributed by atoms with van der Waals surface area (Å²) in [5.41, 5.74) is 0.990. The lowest BCUT2D eigenvalue weighted by Gasteiger charge is -2.13. The standard InChI is InChI=1S/C11H21N3O/c1-5-14(4)7-6-12-8-11-9(2)13-10(3)15-11/h12H,5-8H2,1-4H3. The molecule has 0 spiro atoms. The molecule has 0 atom stereocenters. The molecule has 0 fully saturated rings. The number of aryl methyl sites for hydroxylation is 2. The maximum Gasteiger partial charge on any atom is 0.191 e. The van der Waals surface area contributed by atoms with Crippen LogP contribution in [-0.2, 0) is 6.54 Å². The number of aromatic nitrogens is 1. The topological polar surface area (TPSA) is 41.3 Å². The summed E-state index contributed by atoms with van der Waals surface area (Å²) in [7, 11) is 2.12. The van der Waals surface area contributed by atoms with E-state index in [2.05, 4.69) is 29.2 Å². The van der Waals surface area contributed by atoms with Crippen molar-refractivity contribution >= 4 is 0 Å². The van der Waals surface area contributed by atoms with Gasteiger partial charge in [-0.25, -0.2) is 4.98 Å². The summed E-state index contributed by atoms with van der Waals surface area (Å²) in [4.78, 5) is 6.49. The van der Waals surface area contributed by atoms with Crippen LogP contribution < -0.4 is 5.32 Å². The zero-order valence-corrected chi connectivity index (χ0v) is 10.1. The molecule has 0 saturated carbocycles. The minimum absolute atomic E-state index is 0.745. The molecule has 0 unspecified atom stereocenters. The second kappa shape index (κ2) is 5.88. The van der Waals surface area contributed by atoms with Gasteiger partial charge in [0.05, 0.1) is 12.2 Å². The predicted octanol–water partition coefficient (Wildman–Crippen LogP) is 1.33. The van der Waals surface area contributed by atoms with Crippen molar-refractivity contribution in [2.24, 2.45) is 0 Å². The van der Waals surface area contributed by atoms with E-state index < -0.39 is 0 Å². The number of oxazole rings is 1. The summed E-state index contributed by atoms with van der Waals surface area (Å²) in [6, 6.07) is 0. The van der Waals surface area contributed by atoms with Crippen molar-refractivity contribution in [3.63, 3.8) is 0 Å². The number of nitrogens with one attached hydrogen (secondary N) is 1. The second-order valence-corrected chi connectivity index (χ2v) is 3.81. The van der Waals surface area contributed by atoms with Crippen molar-refractivity contribution in [3.8, 4) is 0 Å². The zero-order chi connectivity index (χ0) is 11.3. The van der Waals surface area contributed by atoms with E-state index in [0.29, 0.717) is 0 Å². The number of nitrogens with zero attached hydrogens (tertiary/aromatic N) is 2. The molecule has 0 radical (unpaired) electrons. The minimum Gasteiger partial charge on any atom is -0.444 e. The first-order chi connectivity index (χ1) is 7.13. The Morgan fingerprint density at radius 2 is 2.13 bits per heavy atom. The smallest absolute Gasteiger partial charge is 0.191 e. The third-order valence-electron chi connectivity index (χ3n) is 2.50. The number of hydrogen-bond donors (Lipinski definition) is 1. The van der Waals surface area contributed by atoms with Crippen LogP contribution in [0.5, 0.6) is 0 Å². The summed E-state index contributed by atoms with van der Waals surface area (Å²) < 4.78 is 5.46. The largest absolute Gasteiger partial charge is 0.444 e. The molecule has 4 nitrogen and oxygen atoms in total. The highest BCUT2D eigenvalue weighted by atomic mass is 16.4. The molecule has 1 N–H and O–H groups in total. The lowest BCUT2D eigenvalue weighted by molar-refractivity contribution is 0.344. The van der Waals surface area contributed by atoms with Gasteiger partial charge in [-0.3, -0.25) is 0 Å². The van der Waals surface area contributed by atoms with Gasteiger partial charge in [0, 0.05) is 20.0 Å². The summed E-state index contributed by atoms with van der Waals surface area (Å²) in [5.74, 6) is 1.70. The molecule has 1 heterocycles. The Kier molecular flexibility index (Phi) is 4.78. The summed E-state index contributed by atoms with van der Waals surface area (Å²) >= 11 is 0. The van der Waals surface area contributed by atoms with Crippen LogP contribution in [0.1, 0.15) is 24.3 Å². The molecule has 1 aromatic rings. The maximum absolute atomic E-state index is 5.46. The van der Waals surface area contributed by atoms with Gasteiger partial charge < -0.3 is 14.6 Å². The minimum atomic E-state index is 0.745. The first-order valence-corrected chi connectivity index (χ1v) is 5.45. The van der Waals surface area contributed by atoms with E-state index in [1.807, 2.05) is 13.8 Å².